The summed E-state index contributed by atoms with van der Waals surface area (Å²) in [6.45, 7) is 0.774. The van der Waals surface area contributed by atoms with Crippen LogP contribution in [-0.2, 0) is 22.6 Å². The summed E-state index contributed by atoms with van der Waals surface area (Å²) in [5.41, 5.74) is 0.232. The lowest BCUT2D eigenvalue weighted by atomic mass is 10.2. The summed E-state index contributed by atoms with van der Waals surface area (Å²) in [4.78, 5) is 28.0. The van der Waals surface area contributed by atoms with Gasteiger partial charge in [0.15, 0.2) is 0 Å². The van der Waals surface area contributed by atoms with Crippen molar-refractivity contribution in [3.8, 4) is 0 Å². The van der Waals surface area contributed by atoms with E-state index < -0.39 is 17.6 Å². The Balaban J connectivity index is 1.66. The molecule has 1 aromatic carbocycles. The second-order valence-electron chi connectivity index (χ2n) is 5.09. The molecule has 0 atom stereocenters. The number of aryl methyl sites for hydroxylation is 1. The molecule has 0 saturated heterocycles. The van der Waals surface area contributed by atoms with Gasteiger partial charge in [-0.25, -0.2) is 9.37 Å². The van der Waals surface area contributed by atoms with Gasteiger partial charge in [0.05, 0.1) is 6.20 Å². The van der Waals surface area contributed by atoms with Gasteiger partial charge in [-0.05, 0) is 31.0 Å². The molecular formula is C15H15FN4O2. The van der Waals surface area contributed by atoms with Crippen molar-refractivity contribution in [2.24, 2.45) is 0 Å². The number of fused-ring (bicyclic) bond motifs is 1. The van der Waals surface area contributed by atoms with Crippen molar-refractivity contribution in [2.45, 2.75) is 25.8 Å². The molecule has 0 radical (unpaired) electrons. The van der Waals surface area contributed by atoms with Gasteiger partial charge < -0.3 is 15.2 Å². The summed E-state index contributed by atoms with van der Waals surface area (Å²) in [7, 11) is 0. The van der Waals surface area contributed by atoms with Crippen LogP contribution in [0.15, 0.2) is 30.5 Å². The highest BCUT2D eigenvalue weighted by Crippen LogP contribution is 2.19. The number of anilines is 2. The van der Waals surface area contributed by atoms with E-state index in [2.05, 4.69) is 15.6 Å². The first-order valence-electron chi connectivity index (χ1n) is 7.06. The Morgan fingerprint density at radius 3 is 2.82 bits per heavy atom. The molecule has 2 heterocycles. The van der Waals surface area contributed by atoms with Crippen LogP contribution in [0, 0.1) is 5.82 Å². The fourth-order valence-corrected chi connectivity index (χ4v) is 2.44. The van der Waals surface area contributed by atoms with E-state index in [0.717, 1.165) is 37.7 Å². The van der Waals surface area contributed by atoms with Crippen molar-refractivity contribution >= 4 is 23.3 Å². The summed E-state index contributed by atoms with van der Waals surface area (Å²) in [5.74, 6) is -0.723. The molecule has 2 aromatic rings. The van der Waals surface area contributed by atoms with Crippen LogP contribution in [0.5, 0.6) is 0 Å². The molecule has 7 heteroatoms. The number of aromatic nitrogens is 2. The van der Waals surface area contributed by atoms with E-state index in [-0.39, 0.29) is 5.69 Å². The van der Waals surface area contributed by atoms with Gasteiger partial charge in [0.1, 0.15) is 17.5 Å². The smallest absolute Gasteiger partial charge is 0.315 e. The molecule has 1 aliphatic rings. The monoisotopic (exact) mass is 302 g/mol. The molecule has 114 valence electrons. The number of carbonyl (C=O) groups excluding carboxylic acids is 2. The molecule has 0 spiro atoms. The number of hydrogen-bond acceptors (Lipinski definition) is 3. The summed E-state index contributed by atoms with van der Waals surface area (Å²) in [5, 5.41) is 4.89. The molecule has 0 fully saturated rings. The first-order valence-corrected chi connectivity index (χ1v) is 7.06. The number of carbonyl (C=O) groups is 2. The summed E-state index contributed by atoms with van der Waals surface area (Å²) < 4.78 is 14.9. The first kappa shape index (κ1) is 14.2. The SMILES string of the molecule is O=C(Nc1cccc(F)c1)C(=O)Nc1cnc2n1CCCC2. The van der Waals surface area contributed by atoms with Crippen LogP contribution >= 0.6 is 0 Å². The molecule has 0 aliphatic carbocycles. The Bertz CT molecular complexity index is 726. The van der Waals surface area contributed by atoms with Gasteiger partial charge >= 0.3 is 11.8 Å². The number of nitrogens with one attached hydrogen (secondary N) is 2. The van der Waals surface area contributed by atoms with Gasteiger partial charge in [-0.3, -0.25) is 9.59 Å². The highest BCUT2D eigenvalue weighted by molar-refractivity contribution is 6.43. The van der Waals surface area contributed by atoms with Crippen molar-refractivity contribution in [1.29, 1.82) is 0 Å². The van der Waals surface area contributed by atoms with Crippen molar-refractivity contribution in [3.05, 3.63) is 42.1 Å². The van der Waals surface area contributed by atoms with Crippen LogP contribution in [0.4, 0.5) is 15.9 Å². The lowest BCUT2D eigenvalue weighted by molar-refractivity contribution is -0.133. The zero-order valence-corrected chi connectivity index (χ0v) is 11.8. The second kappa shape index (κ2) is 5.97. The molecule has 1 aromatic heterocycles. The second-order valence-corrected chi connectivity index (χ2v) is 5.09. The summed E-state index contributed by atoms with van der Waals surface area (Å²) in [6, 6.07) is 5.37. The van der Waals surface area contributed by atoms with Crippen LogP contribution in [0.1, 0.15) is 18.7 Å². The maximum absolute atomic E-state index is 13.0. The Labute approximate surface area is 126 Å². The molecule has 0 unspecified atom stereocenters. The molecule has 22 heavy (non-hydrogen) atoms. The maximum atomic E-state index is 13.0. The maximum Gasteiger partial charge on any atom is 0.315 e. The molecule has 2 N–H and O–H groups in total. The van der Waals surface area contributed by atoms with Gasteiger partial charge in [-0.2, -0.15) is 0 Å². The number of benzene rings is 1. The van der Waals surface area contributed by atoms with Crippen LogP contribution in [0.2, 0.25) is 0 Å². The minimum atomic E-state index is -0.850. The third-order valence-corrected chi connectivity index (χ3v) is 3.50. The highest BCUT2D eigenvalue weighted by atomic mass is 19.1. The van der Waals surface area contributed by atoms with Crippen LogP contribution in [0.3, 0.4) is 0 Å². The molecule has 6 nitrogen and oxygen atoms in total. The molecule has 0 bridgehead atoms. The first-order chi connectivity index (χ1) is 10.6. The Hall–Kier alpha value is -2.70. The van der Waals surface area contributed by atoms with E-state index >= 15 is 0 Å². The Morgan fingerprint density at radius 2 is 2.00 bits per heavy atom. The van der Waals surface area contributed by atoms with Gasteiger partial charge in [-0.1, -0.05) is 6.07 Å². The number of halogens is 1. The lowest BCUT2D eigenvalue weighted by Crippen LogP contribution is -2.30. The normalized spacial score (nSPS) is 13.3. The predicted molar refractivity (Wildman–Crippen MR) is 78.8 cm³/mol. The molecule has 0 saturated carbocycles. The topological polar surface area (TPSA) is 76.0 Å². The van der Waals surface area contributed by atoms with Crippen LogP contribution in [0.25, 0.3) is 0 Å². The van der Waals surface area contributed by atoms with E-state index in [9.17, 15) is 14.0 Å². The van der Waals surface area contributed by atoms with Gasteiger partial charge in [0, 0.05) is 18.7 Å². The van der Waals surface area contributed by atoms with Gasteiger partial charge in [0.25, 0.3) is 0 Å². The van der Waals surface area contributed by atoms with E-state index in [1.165, 1.54) is 18.2 Å². The standard InChI is InChI=1S/C15H15FN4O2/c16-10-4-3-5-11(8-10)18-14(21)15(22)19-13-9-17-12-6-1-2-7-20(12)13/h3-5,8-9H,1-2,6-7H2,(H,18,21)(H,19,22). The molecular weight excluding hydrogens is 287 g/mol. The zero-order valence-electron chi connectivity index (χ0n) is 11.8. The summed E-state index contributed by atoms with van der Waals surface area (Å²) >= 11 is 0. The van der Waals surface area contributed by atoms with Crippen molar-refractivity contribution in [1.82, 2.24) is 9.55 Å². The van der Waals surface area contributed by atoms with Crippen LogP contribution in [-0.4, -0.2) is 21.4 Å². The van der Waals surface area contributed by atoms with E-state index in [1.807, 2.05) is 4.57 Å². The average Bonchev–Trinajstić information content (AvgIpc) is 2.90. The number of imidazole rings is 1. The number of rotatable bonds is 2. The number of nitrogens with zero attached hydrogens (tertiary/aromatic N) is 2. The van der Waals surface area contributed by atoms with E-state index in [1.54, 1.807) is 6.20 Å². The fourth-order valence-electron chi connectivity index (χ4n) is 2.44. The largest absolute Gasteiger partial charge is 0.318 e. The van der Waals surface area contributed by atoms with Crippen molar-refractivity contribution in [2.75, 3.05) is 10.6 Å². The Morgan fingerprint density at radius 1 is 1.18 bits per heavy atom. The molecule has 1 aliphatic heterocycles. The minimum Gasteiger partial charge on any atom is -0.318 e. The lowest BCUT2D eigenvalue weighted by Gasteiger charge is -2.16. The molecule has 2 amide bonds. The van der Waals surface area contributed by atoms with Crippen molar-refractivity contribution < 1.29 is 14.0 Å². The van der Waals surface area contributed by atoms with E-state index in [4.69, 9.17) is 0 Å². The predicted octanol–water partition coefficient (Wildman–Crippen LogP) is 1.94. The zero-order chi connectivity index (χ0) is 15.5. The summed E-state index contributed by atoms with van der Waals surface area (Å²) in [6.07, 6.45) is 4.51. The minimum absolute atomic E-state index is 0.232. The molecule has 3 rings (SSSR count). The number of hydrogen-bond donors (Lipinski definition) is 2. The van der Waals surface area contributed by atoms with Crippen LogP contribution < -0.4 is 10.6 Å². The average molecular weight is 302 g/mol. The third-order valence-electron chi connectivity index (χ3n) is 3.50. The quantitative estimate of drug-likeness (QED) is 0.832. The third kappa shape index (κ3) is 2.98. The number of amides is 2. The van der Waals surface area contributed by atoms with Crippen molar-refractivity contribution in [3.63, 3.8) is 0 Å². The van der Waals surface area contributed by atoms with Gasteiger partial charge in [-0.15, -0.1) is 0 Å². The fraction of sp³-hybridized carbons (Fsp3) is 0.267. The Kier molecular flexibility index (Phi) is 3.86. The van der Waals surface area contributed by atoms with E-state index in [0.29, 0.717) is 5.82 Å². The van der Waals surface area contributed by atoms with Gasteiger partial charge in [0.2, 0.25) is 0 Å². The highest BCUT2D eigenvalue weighted by Gasteiger charge is 2.19.